The molecule has 5 nitrogen and oxygen atoms in total. The fourth-order valence-electron chi connectivity index (χ4n) is 3.73. The maximum absolute atomic E-state index is 10.6. The highest BCUT2D eigenvalue weighted by molar-refractivity contribution is 5.88. The molecular weight excluding hydrogens is 326 g/mol. The lowest BCUT2D eigenvalue weighted by Crippen LogP contribution is -2.43. The summed E-state index contributed by atoms with van der Waals surface area (Å²) in [4.78, 5) is 2.34. The molecule has 1 fully saturated rings. The molecule has 1 saturated heterocycles. The van der Waals surface area contributed by atoms with E-state index in [-0.39, 0.29) is 0 Å². The van der Waals surface area contributed by atoms with Gasteiger partial charge in [-0.3, -0.25) is 0 Å². The van der Waals surface area contributed by atoms with Crippen LogP contribution < -0.4 is 15.0 Å². The van der Waals surface area contributed by atoms with Crippen molar-refractivity contribution in [3.63, 3.8) is 0 Å². The van der Waals surface area contributed by atoms with Gasteiger partial charge in [0, 0.05) is 72.5 Å². The lowest BCUT2D eigenvalue weighted by molar-refractivity contribution is 0.0320. The Morgan fingerprint density at radius 2 is 1.96 bits per heavy atom. The van der Waals surface area contributed by atoms with Gasteiger partial charge in [-0.05, 0) is 36.4 Å². The first-order valence-electron chi connectivity index (χ1n) is 9.01. The zero-order valence-electron chi connectivity index (χ0n) is 14.4. The van der Waals surface area contributed by atoms with Gasteiger partial charge in [0.1, 0.15) is 5.75 Å². The SMILES string of the molecule is OC1Oc2cc(N3CCNCC3)ccc2C=C1c1cc2ccccn2c1. The average molecular weight is 347 g/mol. The molecule has 2 aromatic heterocycles. The summed E-state index contributed by atoms with van der Waals surface area (Å²) in [5.74, 6) is 0.737. The molecule has 1 aromatic carbocycles. The van der Waals surface area contributed by atoms with E-state index in [0.717, 1.165) is 59.8 Å². The quantitative estimate of drug-likeness (QED) is 0.748. The number of aliphatic hydroxyl groups is 1. The molecule has 2 aliphatic heterocycles. The van der Waals surface area contributed by atoms with Crippen LogP contribution in [0.1, 0.15) is 11.1 Å². The number of nitrogens with one attached hydrogen (secondary N) is 1. The molecule has 0 spiro atoms. The first-order chi connectivity index (χ1) is 12.8. The Kier molecular flexibility index (Phi) is 3.69. The van der Waals surface area contributed by atoms with Crippen molar-refractivity contribution in [1.29, 1.82) is 0 Å². The highest BCUT2D eigenvalue weighted by Gasteiger charge is 2.24. The molecule has 0 bridgehead atoms. The number of nitrogens with zero attached hydrogens (tertiary/aromatic N) is 2. The normalized spacial score (nSPS) is 19.8. The van der Waals surface area contributed by atoms with Crippen LogP contribution in [0.3, 0.4) is 0 Å². The molecular formula is C21H21N3O2. The van der Waals surface area contributed by atoms with Crippen LogP contribution in [0.5, 0.6) is 5.75 Å². The summed E-state index contributed by atoms with van der Waals surface area (Å²) in [5, 5.41) is 13.9. The highest BCUT2D eigenvalue weighted by atomic mass is 16.6. The Morgan fingerprint density at radius 3 is 2.81 bits per heavy atom. The summed E-state index contributed by atoms with van der Waals surface area (Å²) in [6, 6.07) is 14.4. The van der Waals surface area contributed by atoms with Gasteiger partial charge in [0.15, 0.2) is 0 Å². The topological polar surface area (TPSA) is 49.1 Å². The lowest BCUT2D eigenvalue weighted by Gasteiger charge is -2.31. The van der Waals surface area contributed by atoms with Crippen LogP contribution in [0, 0.1) is 0 Å². The fraction of sp³-hybridized carbons (Fsp3) is 0.238. The van der Waals surface area contributed by atoms with Crippen molar-refractivity contribution in [3.05, 3.63) is 66.0 Å². The molecule has 0 saturated carbocycles. The predicted octanol–water partition coefficient (Wildman–Crippen LogP) is 2.60. The summed E-state index contributed by atoms with van der Waals surface area (Å²) >= 11 is 0. The molecule has 2 N–H and O–H groups in total. The number of pyridine rings is 1. The fourth-order valence-corrected chi connectivity index (χ4v) is 3.73. The first kappa shape index (κ1) is 15.5. The van der Waals surface area contributed by atoms with Crippen LogP contribution in [0.25, 0.3) is 17.2 Å². The van der Waals surface area contributed by atoms with Gasteiger partial charge in [0.05, 0.1) is 0 Å². The second-order valence-corrected chi connectivity index (χ2v) is 6.79. The van der Waals surface area contributed by atoms with Crippen molar-refractivity contribution in [2.45, 2.75) is 6.29 Å². The zero-order chi connectivity index (χ0) is 17.5. The van der Waals surface area contributed by atoms with E-state index in [9.17, 15) is 5.11 Å². The smallest absolute Gasteiger partial charge is 0.224 e. The van der Waals surface area contributed by atoms with Crippen LogP contribution in [0.4, 0.5) is 5.69 Å². The van der Waals surface area contributed by atoms with Crippen LogP contribution in [-0.4, -0.2) is 42.0 Å². The van der Waals surface area contributed by atoms with Crippen LogP contribution in [0.2, 0.25) is 0 Å². The van der Waals surface area contributed by atoms with E-state index in [1.54, 1.807) is 0 Å². The Morgan fingerprint density at radius 1 is 1.08 bits per heavy atom. The van der Waals surface area contributed by atoms with Crippen molar-refractivity contribution in [2.75, 3.05) is 31.1 Å². The maximum atomic E-state index is 10.6. The maximum Gasteiger partial charge on any atom is 0.224 e. The molecule has 4 heterocycles. The lowest BCUT2D eigenvalue weighted by atomic mass is 10.0. The second kappa shape index (κ2) is 6.20. The number of benzene rings is 1. The Labute approximate surface area is 152 Å². The van der Waals surface area contributed by atoms with E-state index in [1.165, 1.54) is 0 Å². The number of rotatable bonds is 2. The molecule has 5 heteroatoms. The summed E-state index contributed by atoms with van der Waals surface area (Å²) in [7, 11) is 0. The summed E-state index contributed by atoms with van der Waals surface area (Å²) in [5.41, 5.74) is 5.00. The zero-order valence-corrected chi connectivity index (χ0v) is 14.4. The van der Waals surface area contributed by atoms with Crippen molar-refractivity contribution < 1.29 is 9.84 Å². The van der Waals surface area contributed by atoms with Crippen LogP contribution >= 0.6 is 0 Å². The summed E-state index contributed by atoms with van der Waals surface area (Å²) in [6.45, 7) is 3.96. The number of anilines is 1. The Bertz CT molecular complexity index is 953. The van der Waals surface area contributed by atoms with Gasteiger partial charge in [0.2, 0.25) is 6.29 Å². The number of hydrogen-bond donors (Lipinski definition) is 2. The molecule has 0 aliphatic carbocycles. The van der Waals surface area contributed by atoms with Gasteiger partial charge in [0.25, 0.3) is 0 Å². The van der Waals surface area contributed by atoms with E-state index < -0.39 is 6.29 Å². The average Bonchev–Trinajstić information content (AvgIpc) is 3.11. The van der Waals surface area contributed by atoms with Gasteiger partial charge < -0.3 is 24.5 Å². The number of fused-ring (bicyclic) bond motifs is 2. The minimum absolute atomic E-state index is 0.737. The molecule has 132 valence electrons. The minimum atomic E-state index is -0.960. The number of hydrogen-bond acceptors (Lipinski definition) is 4. The van der Waals surface area contributed by atoms with E-state index in [1.807, 2.05) is 47.1 Å². The molecule has 1 atom stereocenters. The monoisotopic (exact) mass is 347 g/mol. The van der Waals surface area contributed by atoms with E-state index in [2.05, 4.69) is 28.4 Å². The molecule has 3 aromatic rings. The van der Waals surface area contributed by atoms with E-state index in [0.29, 0.717) is 0 Å². The molecule has 1 unspecified atom stereocenters. The molecule has 26 heavy (non-hydrogen) atoms. The third-order valence-corrected chi connectivity index (χ3v) is 5.13. The number of aliphatic hydroxyl groups excluding tert-OH is 1. The molecule has 0 amide bonds. The van der Waals surface area contributed by atoms with Gasteiger partial charge in [-0.15, -0.1) is 0 Å². The first-order valence-corrected chi connectivity index (χ1v) is 9.01. The number of aromatic nitrogens is 1. The van der Waals surface area contributed by atoms with Gasteiger partial charge in [-0.25, -0.2) is 0 Å². The third-order valence-electron chi connectivity index (χ3n) is 5.13. The predicted molar refractivity (Wildman–Crippen MR) is 103 cm³/mol. The van der Waals surface area contributed by atoms with Gasteiger partial charge in [-0.2, -0.15) is 0 Å². The van der Waals surface area contributed by atoms with Gasteiger partial charge >= 0.3 is 0 Å². The van der Waals surface area contributed by atoms with Crippen LogP contribution in [-0.2, 0) is 0 Å². The van der Waals surface area contributed by atoms with Gasteiger partial charge in [-0.1, -0.05) is 6.07 Å². The Hall–Kier alpha value is -2.76. The standard InChI is InChI=1S/C21H21N3O2/c25-21-19(16-11-17-3-1-2-8-24(17)14-16)12-15-4-5-18(13-20(15)26-21)23-9-6-22-7-10-23/h1-5,8,11-14,21-22,25H,6-7,9-10H2. The summed E-state index contributed by atoms with van der Waals surface area (Å²) in [6.07, 6.45) is 5.09. The largest absolute Gasteiger partial charge is 0.460 e. The Balaban J connectivity index is 1.50. The minimum Gasteiger partial charge on any atom is -0.460 e. The third kappa shape index (κ3) is 2.66. The van der Waals surface area contributed by atoms with E-state index in [4.69, 9.17) is 4.74 Å². The molecule has 0 radical (unpaired) electrons. The number of ether oxygens (including phenoxy) is 1. The van der Waals surface area contributed by atoms with Crippen molar-refractivity contribution in [3.8, 4) is 5.75 Å². The highest BCUT2D eigenvalue weighted by Crippen LogP contribution is 2.36. The van der Waals surface area contributed by atoms with Crippen molar-refractivity contribution in [2.24, 2.45) is 0 Å². The molecule has 5 rings (SSSR count). The van der Waals surface area contributed by atoms with Crippen LogP contribution in [0.15, 0.2) is 54.9 Å². The number of piperazine rings is 1. The van der Waals surface area contributed by atoms with Crippen molar-refractivity contribution >= 4 is 22.9 Å². The molecule has 2 aliphatic rings. The summed E-state index contributed by atoms with van der Waals surface area (Å²) < 4.78 is 7.91. The van der Waals surface area contributed by atoms with Crippen molar-refractivity contribution in [1.82, 2.24) is 9.72 Å². The second-order valence-electron chi connectivity index (χ2n) is 6.79. The van der Waals surface area contributed by atoms with E-state index >= 15 is 0 Å².